The highest BCUT2D eigenvalue weighted by Crippen LogP contribution is 2.25. The molecule has 0 fully saturated rings. The molecule has 6 heteroatoms. The number of halogens is 1. The zero-order valence-corrected chi connectivity index (χ0v) is 15.6. The van der Waals surface area contributed by atoms with Crippen LogP contribution in [0.15, 0.2) is 58.1 Å². The zero-order chi connectivity index (χ0) is 18.3. The van der Waals surface area contributed by atoms with Gasteiger partial charge in [0.05, 0.1) is 0 Å². The lowest BCUT2D eigenvalue weighted by Gasteiger charge is -2.13. The number of aromatic nitrogens is 2. The quantitative estimate of drug-likeness (QED) is 0.482. The van der Waals surface area contributed by atoms with Crippen molar-refractivity contribution < 1.29 is 0 Å². The number of hydrogen-bond acceptors (Lipinski definition) is 4. The average molecular weight is 383 g/mol. The van der Waals surface area contributed by atoms with Gasteiger partial charge in [-0.2, -0.15) is 0 Å². The highest BCUT2D eigenvalue weighted by atomic mass is 35.5. The van der Waals surface area contributed by atoms with Gasteiger partial charge in [0.2, 0.25) is 5.43 Å². The molecule has 2 aromatic carbocycles. The van der Waals surface area contributed by atoms with Gasteiger partial charge in [0.25, 0.3) is 5.56 Å². The van der Waals surface area contributed by atoms with Crippen molar-refractivity contribution in [2.75, 3.05) is 0 Å². The summed E-state index contributed by atoms with van der Waals surface area (Å²) in [5, 5.41) is 1.35. The molecule has 2 heterocycles. The Kier molecular flexibility index (Phi) is 4.34. The van der Waals surface area contributed by atoms with Crippen LogP contribution in [0.1, 0.15) is 13.3 Å². The third-order valence-corrected chi connectivity index (χ3v) is 5.57. The molecule has 4 rings (SSSR count). The van der Waals surface area contributed by atoms with E-state index in [-0.39, 0.29) is 16.4 Å². The third kappa shape index (κ3) is 2.73. The molecule has 0 radical (unpaired) electrons. The molecule has 4 aromatic rings. The zero-order valence-electron chi connectivity index (χ0n) is 14.0. The van der Waals surface area contributed by atoms with Crippen LogP contribution in [0, 0.1) is 0 Å². The van der Waals surface area contributed by atoms with E-state index in [1.165, 1.54) is 11.3 Å². The SMILES string of the molecule is CCCn1c(-c2ccc(Cl)cc2)nc2sc3ccccc3c(=O)c2c1=O. The van der Waals surface area contributed by atoms with Gasteiger partial charge < -0.3 is 0 Å². The Balaban J connectivity index is 2.14. The van der Waals surface area contributed by atoms with E-state index in [1.54, 1.807) is 22.8 Å². The smallest absolute Gasteiger partial charge is 0.266 e. The molecule has 0 N–H and O–H groups in total. The first kappa shape index (κ1) is 16.9. The fourth-order valence-electron chi connectivity index (χ4n) is 3.04. The van der Waals surface area contributed by atoms with Gasteiger partial charge in [-0.25, -0.2) is 4.98 Å². The maximum absolute atomic E-state index is 13.1. The van der Waals surface area contributed by atoms with Gasteiger partial charge >= 0.3 is 0 Å². The van der Waals surface area contributed by atoms with E-state index >= 15 is 0 Å². The molecule has 0 atom stereocenters. The summed E-state index contributed by atoms with van der Waals surface area (Å²) in [5.74, 6) is 0.562. The lowest BCUT2D eigenvalue weighted by atomic mass is 10.2. The minimum atomic E-state index is -0.284. The highest BCUT2D eigenvalue weighted by molar-refractivity contribution is 7.24. The summed E-state index contributed by atoms with van der Waals surface area (Å²) in [6.45, 7) is 2.49. The van der Waals surface area contributed by atoms with E-state index in [9.17, 15) is 9.59 Å². The number of hydrogen-bond donors (Lipinski definition) is 0. The van der Waals surface area contributed by atoms with Gasteiger partial charge in [-0.05, 0) is 42.8 Å². The van der Waals surface area contributed by atoms with Crippen LogP contribution in [-0.4, -0.2) is 9.55 Å². The summed E-state index contributed by atoms with van der Waals surface area (Å²) in [7, 11) is 0. The van der Waals surface area contributed by atoms with E-state index in [0.29, 0.717) is 27.6 Å². The summed E-state index contributed by atoms with van der Waals surface area (Å²) < 4.78 is 2.42. The standard InChI is InChI=1S/C20H15ClN2O2S/c1-2-11-23-18(12-7-9-13(21)10-8-12)22-19-16(20(23)25)17(24)14-5-3-4-6-15(14)26-19/h3-10H,2,11H2,1H3. The lowest BCUT2D eigenvalue weighted by molar-refractivity contribution is 0.656. The first-order chi connectivity index (χ1) is 12.6. The van der Waals surface area contributed by atoms with Crippen LogP contribution in [-0.2, 0) is 6.54 Å². The Morgan fingerprint density at radius 2 is 1.81 bits per heavy atom. The summed E-state index contributed by atoms with van der Waals surface area (Å²) in [4.78, 5) is 31.2. The van der Waals surface area contributed by atoms with Crippen LogP contribution < -0.4 is 11.0 Å². The van der Waals surface area contributed by atoms with Crippen molar-refractivity contribution in [2.45, 2.75) is 19.9 Å². The molecule has 130 valence electrons. The number of benzene rings is 2. The van der Waals surface area contributed by atoms with Gasteiger partial charge in [0.1, 0.15) is 16.0 Å². The molecule has 4 nitrogen and oxygen atoms in total. The molecule has 0 aliphatic carbocycles. The van der Waals surface area contributed by atoms with Crippen LogP contribution in [0.4, 0.5) is 0 Å². The summed E-state index contributed by atoms with van der Waals surface area (Å²) in [5.41, 5.74) is 0.266. The predicted molar refractivity (Wildman–Crippen MR) is 108 cm³/mol. The molecular weight excluding hydrogens is 368 g/mol. The minimum Gasteiger partial charge on any atom is -0.292 e. The second-order valence-corrected chi connectivity index (χ2v) is 7.47. The normalized spacial score (nSPS) is 11.3. The highest BCUT2D eigenvalue weighted by Gasteiger charge is 2.17. The average Bonchev–Trinajstić information content (AvgIpc) is 2.64. The van der Waals surface area contributed by atoms with Crippen LogP contribution in [0.25, 0.3) is 31.7 Å². The van der Waals surface area contributed by atoms with Gasteiger partial charge in [-0.3, -0.25) is 14.2 Å². The van der Waals surface area contributed by atoms with Gasteiger partial charge in [0, 0.05) is 27.2 Å². The molecule has 0 bridgehead atoms. The van der Waals surface area contributed by atoms with Crippen LogP contribution in [0.5, 0.6) is 0 Å². The molecule has 0 saturated heterocycles. The number of rotatable bonds is 3. The van der Waals surface area contributed by atoms with Gasteiger partial charge in [-0.1, -0.05) is 30.7 Å². The molecular formula is C20H15ClN2O2S. The van der Waals surface area contributed by atoms with Crippen LogP contribution in [0.2, 0.25) is 5.02 Å². The Hall–Kier alpha value is -2.50. The van der Waals surface area contributed by atoms with Gasteiger partial charge in [-0.15, -0.1) is 11.3 Å². The Bertz CT molecular complexity index is 1240. The van der Waals surface area contributed by atoms with Crippen molar-refractivity contribution in [3.8, 4) is 11.4 Å². The third-order valence-electron chi connectivity index (χ3n) is 4.25. The number of nitrogens with zero attached hydrogens (tertiary/aromatic N) is 2. The fraction of sp³-hybridized carbons (Fsp3) is 0.150. The molecule has 0 amide bonds. The van der Waals surface area contributed by atoms with E-state index in [4.69, 9.17) is 16.6 Å². The van der Waals surface area contributed by atoms with Crippen molar-refractivity contribution in [1.29, 1.82) is 0 Å². The largest absolute Gasteiger partial charge is 0.292 e. The monoisotopic (exact) mass is 382 g/mol. The predicted octanol–water partition coefficient (Wildman–Crippen LogP) is 4.70. The molecule has 0 aliphatic heterocycles. The molecule has 0 spiro atoms. The Morgan fingerprint density at radius 1 is 1.08 bits per heavy atom. The molecule has 0 unspecified atom stereocenters. The topological polar surface area (TPSA) is 52.0 Å². The maximum atomic E-state index is 13.1. The molecule has 26 heavy (non-hydrogen) atoms. The van der Waals surface area contributed by atoms with E-state index in [1.807, 2.05) is 37.3 Å². The summed E-state index contributed by atoms with van der Waals surface area (Å²) >= 11 is 7.35. The fourth-order valence-corrected chi connectivity index (χ4v) is 4.20. The van der Waals surface area contributed by atoms with Crippen LogP contribution >= 0.6 is 22.9 Å². The van der Waals surface area contributed by atoms with E-state index in [0.717, 1.165) is 16.7 Å². The van der Waals surface area contributed by atoms with Crippen molar-refractivity contribution in [3.63, 3.8) is 0 Å². The van der Waals surface area contributed by atoms with Crippen molar-refractivity contribution in [1.82, 2.24) is 9.55 Å². The minimum absolute atomic E-state index is 0.167. The van der Waals surface area contributed by atoms with E-state index < -0.39 is 0 Å². The van der Waals surface area contributed by atoms with E-state index in [2.05, 4.69) is 0 Å². The first-order valence-electron chi connectivity index (χ1n) is 8.32. The number of fused-ring (bicyclic) bond motifs is 2. The molecule has 2 aromatic heterocycles. The van der Waals surface area contributed by atoms with Crippen molar-refractivity contribution >= 4 is 43.2 Å². The summed E-state index contributed by atoms with van der Waals surface area (Å²) in [6.07, 6.45) is 0.763. The van der Waals surface area contributed by atoms with Gasteiger partial charge in [0.15, 0.2) is 0 Å². The molecule has 0 saturated carbocycles. The first-order valence-corrected chi connectivity index (χ1v) is 9.52. The summed E-state index contributed by atoms with van der Waals surface area (Å²) in [6, 6.07) is 14.5. The Morgan fingerprint density at radius 3 is 2.54 bits per heavy atom. The second kappa shape index (κ2) is 6.67. The lowest BCUT2D eigenvalue weighted by Crippen LogP contribution is -2.27. The van der Waals surface area contributed by atoms with Crippen molar-refractivity contribution in [2.24, 2.45) is 0 Å². The van der Waals surface area contributed by atoms with Crippen LogP contribution in [0.3, 0.4) is 0 Å². The Labute approximate surface area is 158 Å². The maximum Gasteiger partial charge on any atom is 0.266 e. The van der Waals surface area contributed by atoms with Crippen molar-refractivity contribution in [3.05, 3.63) is 74.1 Å². The molecule has 0 aliphatic rings. The second-order valence-electron chi connectivity index (χ2n) is 6.01.